The van der Waals surface area contributed by atoms with E-state index in [1.807, 2.05) is 0 Å². The van der Waals surface area contributed by atoms with Gasteiger partial charge in [0.25, 0.3) is 11.8 Å². The summed E-state index contributed by atoms with van der Waals surface area (Å²) < 4.78 is 0. The van der Waals surface area contributed by atoms with Crippen molar-refractivity contribution in [3.63, 3.8) is 0 Å². The average Bonchev–Trinajstić information content (AvgIpc) is 2.85. The normalized spacial score (nSPS) is 15.0. The van der Waals surface area contributed by atoms with Gasteiger partial charge >= 0.3 is 0 Å². The van der Waals surface area contributed by atoms with Crippen molar-refractivity contribution in [2.24, 2.45) is 0 Å². The van der Waals surface area contributed by atoms with Gasteiger partial charge in [0.1, 0.15) is 0 Å². The van der Waals surface area contributed by atoms with E-state index in [0.29, 0.717) is 24.1 Å². The summed E-state index contributed by atoms with van der Waals surface area (Å²) >= 11 is 0. The monoisotopic (exact) mass is 333 g/mol. The lowest BCUT2D eigenvalue weighted by Crippen LogP contribution is -2.30. The van der Waals surface area contributed by atoms with E-state index in [1.165, 1.54) is 4.90 Å². The summed E-state index contributed by atoms with van der Waals surface area (Å²) in [6.45, 7) is 0.340. The second-order valence-electron chi connectivity index (χ2n) is 6.41. The number of amides is 2. The Balaban J connectivity index is 1.56. The van der Waals surface area contributed by atoms with Crippen LogP contribution in [-0.4, -0.2) is 46.2 Å². The summed E-state index contributed by atoms with van der Waals surface area (Å²) in [7, 11) is 0. The Morgan fingerprint density at radius 3 is 1.88 bits per heavy atom. The molecule has 0 bridgehead atoms. The second kappa shape index (κ2) is 9.55. The minimum absolute atomic E-state index is 0.155. The first-order chi connectivity index (χ1) is 11.6. The molecule has 2 rings (SSSR count). The number of carbonyl (C=O) groups excluding carboxylic acids is 2. The smallest absolute Gasteiger partial charge is 0.261 e. The molecule has 1 aromatic rings. The van der Waals surface area contributed by atoms with Crippen LogP contribution in [0.2, 0.25) is 0 Å². The van der Waals surface area contributed by atoms with Gasteiger partial charge in [-0.3, -0.25) is 14.5 Å². The Kier molecular flexibility index (Phi) is 7.40. The molecule has 2 amide bonds. The number of hydrogen-bond donors (Lipinski definition) is 2. The third-order valence-electron chi connectivity index (χ3n) is 4.51. The topological polar surface area (TPSA) is 77.8 Å². The molecule has 2 N–H and O–H groups in total. The molecule has 1 aliphatic rings. The molecule has 1 heterocycles. The summed E-state index contributed by atoms with van der Waals surface area (Å²) in [6, 6.07) is 6.99. The van der Waals surface area contributed by atoms with E-state index in [-0.39, 0.29) is 18.4 Å². The first-order valence-corrected chi connectivity index (χ1v) is 8.89. The van der Waals surface area contributed by atoms with Gasteiger partial charge in [-0.25, -0.2) is 0 Å². The zero-order chi connectivity index (χ0) is 17.4. The first-order valence-electron chi connectivity index (χ1n) is 8.89. The van der Waals surface area contributed by atoms with Crippen LogP contribution in [0.5, 0.6) is 0 Å². The first kappa shape index (κ1) is 18.6. The van der Waals surface area contributed by atoms with E-state index in [0.717, 1.165) is 44.9 Å². The van der Waals surface area contributed by atoms with Crippen LogP contribution >= 0.6 is 0 Å². The van der Waals surface area contributed by atoms with E-state index >= 15 is 0 Å². The van der Waals surface area contributed by atoms with Gasteiger partial charge < -0.3 is 10.2 Å². The second-order valence-corrected chi connectivity index (χ2v) is 6.41. The maximum atomic E-state index is 12.2. The number of carbonyl (C=O) groups is 2. The number of rotatable bonds is 11. The number of nitrogens with zero attached hydrogens (tertiary/aromatic N) is 1. The van der Waals surface area contributed by atoms with E-state index in [1.54, 1.807) is 24.3 Å². The highest BCUT2D eigenvalue weighted by Gasteiger charge is 2.34. The molecular formula is C19H27NO4. The van der Waals surface area contributed by atoms with Crippen molar-refractivity contribution < 1.29 is 19.8 Å². The van der Waals surface area contributed by atoms with Gasteiger partial charge in [0.2, 0.25) is 0 Å². The van der Waals surface area contributed by atoms with Gasteiger partial charge in [0.15, 0.2) is 0 Å². The zero-order valence-corrected chi connectivity index (χ0v) is 14.1. The van der Waals surface area contributed by atoms with Crippen LogP contribution in [0.15, 0.2) is 24.3 Å². The van der Waals surface area contributed by atoms with Crippen LogP contribution < -0.4 is 0 Å². The van der Waals surface area contributed by atoms with Crippen molar-refractivity contribution in [1.29, 1.82) is 0 Å². The van der Waals surface area contributed by atoms with Crippen LogP contribution in [0.1, 0.15) is 72.1 Å². The molecule has 132 valence electrons. The molecule has 0 saturated heterocycles. The average molecular weight is 333 g/mol. The fourth-order valence-corrected chi connectivity index (χ4v) is 3.07. The Morgan fingerprint density at radius 1 is 0.833 bits per heavy atom. The Bertz CT molecular complexity index is 523. The SMILES string of the molecule is O=C1c2ccccc2C(=O)N1CCCCCCCCCC(O)CO. The molecule has 0 aliphatic carbocycles. The van der Waals surface area contributed by atoms with Crippen molar-refractivity contribution >= 4 is 11.8 Å². The number of hydrogen-bond acceptors (Lipinski definition) is 4. The van der Waals surface area contributed by atoms with Crippen LogP contribution in [0.4, 0.5) is 0 Å². The quantitative estimate of drug-likeness (QED) is 0.482. The Hall–Kier alpha value is -1.72. The fourth-order valence-electron chi connectivity index (χ4n) is 3.07. The van der Waals surface area contributed by atoms with Crippen LogP contribution in [0.3, 0.4) is 0 Å². The summed E-state index contributed by atoms with van der Waals surface area (Å²) in [5.41, 5.74) is 1.04. The molecule has 0 saturated carbocycles. The van der Waals surface area contributed by atoms with Crippen LogP contribution in [-0.2, 0) is 0 Å². The number of unbranched alkanes of at least 4 members (excludes halogenated alkanes) is 6. The highest BCUT2D eigenvalue weighted by molar-refractivity contribution is 6.21. The summed E-state index contributed by atoms with van der Waals surface area (Å²) in [5.74, 6) is -0.337. The maximum Gasteiger partial charge on any atom is 0.261 e. The third kappa shape index (κ3) is 4.89. The summed E-state index contributed by atoms with van der Waals surface area (Å²) in [6.07, 6.45) is 7.27. The molecule has 0 fully saturated rings. The van der Waals surface area contributed by atoms with E-state index in [9.17, 15) is 14.7 Å². The maximum absolute atomic E-state index is 12.2. The molecule has 0 aromatic heterocycles. The number of benzene rings is 1. The van der Waals surface area contributed by atoms with Crippen molar-refractivity contribution in [1.82, 2.24) is 4.90 Å². The summed E-state index contributed by atoms with van der Waals surface area (Å²) in [4.78, 5) is 25.7. The van der Waals surface area contributed by atoms with Gasteiger partial charge in [0.05, 0.1) is 23.8 Å². The minimum Gasteiger partial charge on any atom is -0.394 e. The molecule has 5 nitrogen and oxygen atoms in total. The van der Waals surface area contributed by atoms with Gasteiger partial charge in [-0.1, -0.05) is 50.7 Å². The highest BCUT2D eigenvalue weighted by atomic mass is 16.3. The Labute approximate surface area is 143 Å². The number of fused-ring (bicyclic) bond motifs is 1. The van der Waals surface area contributed by atoms with Crippen molar-refractivity contribution in [2.45, 2.75) is 57.5 Å². The lowest BCUT2D eigenvalue weighted by Gasteiger charge is -2.13. The van der Waals surface area contributed by atoms with Crippen LogP contribution in [0.25, 0.3) is 0 Å². The van der Waals surface area contributed by atoms with E-state index in [4.69, 9.17) is 5.11 Å². The molecule has 1 aliphatic heterocycles. The van der Waals surface area contributed by atoms with E-state index < -0.39 is 6.10 Å². The van der Waals surface area contributed by atoms with Gasteiger partial charge in [-0.15, -0.1) is 0 Å². The standard InChI is InChI=1S/C19H27NO4/c21-14-15(22)10-6-4-2-1-3-5-9-13-20-18(23)16-11-7-8-12-17(16)19(20)24/h7-8,11-12,15,21-22H,1-6,9-10,13-14H2. The summed E-state index contributed by atoms with van der Waals surface area (Å²) in [5, 5.41) is 18.0. The molecule has 5 heteroatoms. The number of imide groups is 1. The lowest BCUT2D eigenvalue weighted by atomic mass is 10.1. The van der Waals surface area contributed by atoms with Gasteiger partial charge in [0, 0.05) is 6.54 Å². The van der Waals surface area contributed by atoms with Crippen molar-refractivity contribution in [3.8, 4) is 0 Å². The molecule has 24 heavy (non-hydrogen) atoms. The lowest BCUT2D eigenvalue weighted by molar-refractivity contribution is 0.0651. The van der Waals surface area contributed by atoms with Crippen LogP contribution in [0, 0.1) is 0 Å². The zero-order valence-electron chi connectivity index (χ0n) is 14.1. The third-order valence-corrected chi connectivity index (χ3v) is 4.51. The van der Waals surface area contributed by atoms with E-state index in [2.05, 4.69) is 0 Å². The predicted molar refractivity (Wildman–Crippen MR) is 91.8 cm³/mol. The van der Waals surface area contributed by atoms with Crippen molar-refractivity contribution in [3.05, 3.63) is 35.4 Å². The molecule has 0 radical (unpaired) electrons. The minimum atomic E-state index is -0.579. The van der Waals surface area contributed by atoms with Crippen molar-refractivity contribution in [2.75, 3.05) is 13.2 Å². The highest BCUT2D eigenvalue weighted by Crippen LogP contribution is 2.23. The van der Waals surface area contributed by atoms with Gasteiger partial charge in [-0.05, 0) is 25.0 Å². The molecule has 1 aromatic carbocycles. The molecule has 1 atom stereocenters. The Morgan fingerprint density at radius 2 is 1.33 bits per heavy atom. The predicted octanol–water partition coefficient (Wildman–Crippen LogP) is 2.76. The number of aliphatic hydroxyl groups excluding tert-OH is 2. The van der Waals surface area contributed by atoms with Gasteiger partial charge in [-0.2, -0.15) is 0 Å². The molecular weight excluding hydrogens is 306 g/mol. The largest absolute Gasteiger partial charge is 0.394 e. The molecule has 0 spiro atoms. The number of aliphatic hydroxyl groups is 2. The fraction of sp³-hybridized carbons (Fsp3) is 0.579. The molecule has 1 unspecified atom stereocenters.